The number of amides is 1. The van der Waals surface area contributed by atoms with Crippen LogP contribution in [-0.2, 0) is 16.4 Å². The van der Waals surface area contributed by atoms with Gasteiger partial charge < -0.3 is 10.1 Å². The molecule has 3 aromatic heterocycles. The molecule has 0 bridgehead atoms. The predicted molar refractivity (Wildman–Crippen MR) is 112 cm³/mol. The van der Waals surface area contributed by atoms with Crippen LogP contribution in [0.4, 0.5) is 8.78 Å². The number of nitrogens with zero attached hydrogens (tertiary/aromatic N) is 4. The van der Waals surface area contributed by atoms with Crippen molar-refractivity contribution in [3.8, 4) is 5.75 Å². The van der Waals surface area contributed by atoms with Gasteiger partial charge in [0.25, 0.3) is 5.91 Å². The van der Waals surface area contributed by atoms with E-state index in [0.29, 0.717) is 24.0 Å². The first-order chi connectivity index (χ1) is 15.6. The Hall–Kier alpha value is -3.93. The number of alkyl halides is 2. The van der Waals surface area contributed by atoms with E-state index < -0.39 is 15.9 Å². The average Bonchev–Trinajstić information content (AvgIpc) is 3.25. The fourth-order valence-electron chi connectivity index (χ4n) is 2.93. The molecule has 0 aliphatic carbocycles. The third kappa shape index (κ3) is 5.12. The Morgan fingerprint density at radius 1 is 1.12 bits per heavy atom. The lowest BCUT2D eigenvalue weighted by Gasteiger charge is -2.14. The van der Waals surface area contributed by atoms with Crippen LogP contribution in [0.5, 0.6) is 5.75 Å². The number of pyridine rings is 1. The van der Waals surface area contributed by atoms with Gasteiger partial charge in [0.2, 0.25) is 15.6 Å². The zero-order valence-electron chi connectivity index (χ0n) is 17.1. The van der Waals surface area contributed by atoms with Crippen molar-refractivity contribution >= 4 is 21.5 Å². The Bertz CT molecular complexity index is 1420. The Labute approximate surface area is 187 Å². The maximum Gasteiger partial charge on any atom is 0.394 e. The van der Waals surface area contributed by atoms with Crippen LogP contribution in [0.2, 0.25) is 0 Å². The van der Waals surface area contributed by atoms with E-state index in [1.54, 1.807) is 23.0 Å². The molecule has 0 aliphatic heterocycles. The summed E-state index contributed by atoms with van der Waals surface area (Å²) in [6.07, 6.45) is 3.89. The van der Waals surface area contributed by atoms with Gasteiger partial charge >= 0.3 is 6.11 Å². The highest BCUT2D eigenvalue weighted by Crippen LogP contribution is 2.27. The lowest BCUT2D eigenvalue weighted by molar-refractivity contribution is -0.159. The third-order valence-electron chi connectivity index (χ3n) is 4.46. The molecule has 3 heterocycles. The molecule has 33 heavy (non-hydrogen) atoms. The van der Waals surface area contributed by atoms with Gasteiger partial charge in [0, 0.05) is 37.9 Å². The minimum atomic E-state index is -4.02. The molecule has 0 aliphatic rings. The highest BCUT2D eigenvalue weighted by molar-refractivity contribution is 7.91. The number of imidazole rings is 1. The standard InChI is InChI=1S/C21H17F2N5O4S/c1-21(22,23)32-16-3-2-4-17(9-16)33(30,31)18-6-5-15(25-12-18)11-26-19(29)14-10-27-20-24-7-8-28(20)13-14/h2-10,12-13H,11H2,1H3,(H,26,29). The van der Waals surface area contributed by atoms with Crippen LogP contribution in [0.1, 0.15) is 23.0 Å². The van der Waals surface area contributed by atoms with Crippen LogP contribution in [0.15, 0.2) is 77.2 Å². The zero-order chi connectivity index (χ0) is 23.6. The quantitative estimate of drug-likeness (QED) is 0.439. The molecular formula is C21H17F2N5O4S. The number of hydrogen-bond acceptors (Lipinski definition) is 7. The minimum Gasteiger partial charge on any atom is -0.433 e. The number of carbonyl (C=O) groups excluding carboxylic acids is 1. The molecule has 1 N–H and O–H groups in total. The number of rotatable bonds is 7. The van der Waals surface area contributed by atoms with Gasteiger partial charge in [-0.05, 0) is 30.3 Å². The first-order valence-electron chi connectivity index (χ1n) is 9.56. The van der Waals surface area contributed by atoms with E-state index in [2.05, 4.69) is 25.0 Å². The summed E-state index contributed by atoms with van der Waals surface area (Å²) in [6.45, 7) is 0.609. The molecular weight excluding hydrogens is 456 g/mol. The Morgan fingerprint density at radius 2 is 1.94 bits per heavy atom. The molecule has 9 nitrogen and oxygen atoms in total. The number of aromatic nitrogens is 4. The minimum absolute atomic E-state index is 0.0516. The molecule has 0 saturated carbocycles. The maximum atomic E-state index is 13.1. The maximum absolute atomic E-state index is 13.1. The average molecular weight is 473 g/mol. The number of hydrogen-bond donors (Lipinski definition) is 1. The topological polar surface area (TPSA) is 116 Å². The van der Waals surface area contributed by atoms with E-state index in [1.807, 2.05) is 0 Å². The van der Waals surface area contributed by atoms with Crippen LogP contribution in [0.3, 0.4) is 0 Å². The molecule has 0 fully saturated rings. The molecule has 170 valence electrons. The predicted octanol–water partition coefficient (Wildman–Crippen LogP) is 2.88. The molecule has 0 radical (unpaired) electrons. The van der Waals surface area contributed by atoms with Crippen molar-refractivity contribution in [3.05, 3.63) is 78.6 Å². The SMILES string of the molecule is CC(F)(F)Oc1cccc(S(=O)(=O)c2ccc(CNC(=O)c3cnc4nccn4c3)nc2)c1. The van der Waals surface area contributed by atoms with Gasteiger partial charge in [0.1, 0.15) is 5.75 Å². The van der Waals surface area contributed by atoms with Gasteiger partial charge in [-0.1, -0.05) is 6.07 Å². The highest BCUT2D eigenvalue weighted by Gasteiger charge is 2.25. The first kappa shape index (κ1) is 22.3. The largest absolute Gasteiger partial charge is 0.433 e. The number of halogens is 2. The molecule has 0 unspecified atom stereocenters. The Kier molecular flexibility index (Phi) is 5.77. The summed E-state index contributed by atoms with van der Waals surface area (Å²) in [6, 6.07) is 7.61. The Balaban J connectivity index is 1.45. The summed E-state index contributed by atoms with van der Waals surface area (Å²) in [5, 5.41) is 2.68. The molecule has 1 aromatic carbocycles. The first-order valence-corrected chi connectivity index (χ1v) is 11.0. The van der Waals surface area contributed by atoms with Crippen molar-refractivity contribution in [2.24, 2.45) is 0 Å². The van der Waals surface area contributed by atoms with E-state index in [9.17, 15) is 22.0 Å². The van der Waals surface area contributed by atoms with Crippen LogP contribution >= 0.6 is 0 Å². The van der Waals surface area contributed by atoms with Crippen molar-refractivity contribution in [3.63, 3.8) is 0 Å². The van der Waals surface area contributed by atoms with Gasteiger partial charge in [-0.3, -0.25) is 14.2 Å². The molecule has 0 spiro atoms. The van der Waals surface area contributed by atoms with E-state index in [1.165, 1.54) is 36.5 Å². The number of ether oxygens (including phenoxy) is 1. The smallest absolute Gasteiger partial charge is 0.394 e. The van der Waals surface area contributed by atoms with Crippen LogP contribution < -0.4 is 10.1 Å². The lowest BCUT2D eigenvalue weighted by atomic mass is 10.3. The fourth-order valence-corrected chi connectivity index (χ4v) is 4.17. The zero-order valence-corrected chi connectivity index (χ0v) is 18.0. The van der Waals surface area contributed by atoms with Gasteiger partial charge in [-0.25, -0.2) is 18.4 Å². The van der Waals surface area contributed by atoms with Crippen LogP contribution in [-0.4, -0.2) is 39.8 Å². The van der Waals surface area contributed by atoms with Crippen molar-refractivity contribution in [2.75, 3.05) is 0 Å². The summed E-state index contributed by atoms with van der Waals surface area (Å²) in [5.41, 5.74) is 0.737. The van der Waals surface area contributed by atoms with Gasteiger partial charge in [-0.15, -0.1) is 0 Å². The molecule has 4 rings (SSSR count). The summed E-state index contributed by atoms with van der Waals surface area (Å²) >= 11 is 0. The number of nitrogens with one attached hydrogen (secondary N) is 1. The number of sulfone groups is 1. The number of fused-ring (bicyclic) bond motifs is 1. The summed E-state index contributed by atoms with van der Waals surface area (Å²) in [7, 11) is -4.02. The summed E-state index contributed by atoms with van der Waals surface area (Å²) < 4.78 is 57.9. The lowest BCUT2D eigenvalue weighted by Crippen LogP contribution is -2.23. The van der Waals surface area contributed by atoms with Gasteiger partial charge in [0.05, 0.1) is 27.6 Å². The molecule has 1 amide bonds. The van der Waals surface area contributed by atoms with E-state index >= 15 is 0 Å². The van der Waals surface area contributed by atoms with E-state index in [0.717, 1.165) is 12.3 Å². The van der Waals surface area contributed by atoms with Gasteiger partial charge in [0.15, 0.2) is 0 Å². The van der Waals surface area contributed by atoms with Crippen molar-refractivity contribution in [1.29, 1.82) is 0 Å². The molecule has 0 saturated heterocycles. The second kappa shape index (κ2) is 8.54. The molecule has 4 aromatic rings. The van der Waals surface area contributed by atoms with E-state index in [-0.39, 0.29) is 28.0 Å². The highest BCUT2D eigenvalue weighted by atomic mass is 32.2. The van der Waals surface area contributed by atoms with Crippen molar-refractivity contribution in [2.45, 2.75) is 29.4 Å². The molecule has 0 atom stereocenters. The van der Waals surface area contributed by atoms with Crippen LogP contribution in [0.25, 0.3) is 5.78 Å². The molecule has 12 heteroatoms. The Morgan fingerprint density at radius 3 is 2.67 bits per heavy atom. The van der Waals surface area contributed by atoms with Crippen molar-refractivity contribution in [1.82, 2.24) is 24.7 Å². The van der Waals surface area contributed by atoms with Gasteiger partial charge in [-0.2, -0.15) is 8.78 Å². The van der Waals surface area contributed by atoms with Crippen molar-refractivity contribution < 1.29 is 26.7 Å². The fraction of sp³-hybridized carbons (Fsp3) is 0.143. The third-order valence-corrected chi connectivity index (χ3v) is 6.20. The second-order valence-electron chi connectivity index (χ2n) is 7.03. The normalized spacial score (nSPS) is 12.0. The second-order valence-corrected chi connectivity index (χ2v) is 8.98. The monoisotopic (exact) mass is 473 g/mol. The summed E-state index contributed by atoms with van der Waals surface area (Å²) in [4.78, 5) is 24.2. The number of carbonyl (C=O) groups is 1. The van der Waals surface area contributed by atoms with E-state index in [4.69, 9.17) is 0 Å². The van der Waals surface area contributed by atoms with Crippen LogP contribution in [0, 0.1) is 0 Å². The summed E-state index contributed by atoms with van der Waals surface area (Å²) in [5.74, 6) is -0.203. The number of benzene rings is 1.